The highest BCUT2D eigenvalue weighted by molar-refractivity contribution is 7.14. The number of methoxy groups -OCH3 is 2. The van der Waals surface area contributed by atoms with Gasteiger partial charge in [0.25, 0.3) is 5.91 Å². The number of hydrogen-bond acceptors (Lipinski definition) is 6. The van der Waals surface area contributed by atoms with Crippen LogP contribution in [0, 0.1) is 0 Å². The van der Waals surface area contributed by atoms with Gasteiger partial charge in [0.15, 0.2) is 5.13 Å². The van der Waals surface area contributed by atoms with Gasteiger partial charge >= 0.3 is 0 Å². The van der Waals surface area contributed by atoms with Crippen molar-refractivity contribution in [3.05, 3.63) is 65.2 Å². The van der Waals surface area contributed by atoms with Crippen LogP contribution in [-0.2, 0) is 11.2 Å². The molecule has 0 aliphatic rings. The van der Waals surface area contributed by atoms with E-state index in [2.05, 4.69) is 15.6 Å². The Bertz CT molecular complexity index is 989. The summed E-state index contributed by atoms with van der Waals surface area (Å²) >= 11 is 1.33. The fourth-order valence-corrected chi connectivity index (χ4v) is 3.33. The molecule has 0 aliphatic carbocycles. The van der Waals surface area contributed by atoms with Gasteiger partial charge in [-0.25, -0.2) is 4.98 Å². The van der Waals surface area contributed by atoms with Gasteiger partial charge in [0, 0.05) is 23.4 Å². The number of ether oxygens (including phenoxy) is 2. The molecule has 3 aromatic rings. The first-order valence-electron chi connectivity index (χ1n) is 8.91. The number of nitrogens with zero attached hydrogens (tertiary/aromatic N) is 1. The average Bonchev–Trinajstić information content (AvgIpc) is 3.20. The van der Waals surface area contributed by atoms with Crippen molar-refractivity contribution in [1.29, 1.82) is 0 Å². The number of thiazole rings is 1. The lowest BCUT2D eigenvalue weighted by Gasteiger charge is -2.11. The van der Waals surface area contributed by atoms with Crippen LogP contribution in [0.5, 0.6) is 11.5 Å². The molecule has 1 heterocycles. The van der Waals surface area contributed by atoms with E-state index in [0.29, 0.717) is 34.3 Å². The van der Waals surface area contributed by atoms with Gasteiger partial charge in [0.05, 0.1) is 25.6 Å². The number of aromatic nitrogens is 1. The van der Waals surface area contributed by atoms with Gasteiger partial charge in [0.2, 0.25) is 5.91 Å². The summed E-state index contributed by atoms with van der Waals surface area (Å²) in [5.41, 5.74) is 1.89. The molecule has 1 aromatic heterocycles. The van der Waals surface area contributed by atoms with Crippen LogP contribution in [0.25, 0.3) is 0 Å². The molecular weight excluding hydrogens is 390 g/mol. The summed E-state index contributed by atoms with van der Waals surface area (Å²) in [5.74, 6) is 0.803. The number of carbonyl (C=O) groups is 2. The third-order valence-corrected chi connectivity index (χ3v) is 4.91. The van der Waals surface area contributed by atoms with Crippen molar-refractivity contribution >= 4 is 34.0 Å². The van der Waals surface area contributed by atoms with Crippen LogP contribution >= 0.6 is 11.3 Å². The monoisotopic (exact) mass is 411 g/mol. The van der Waals surface area contributed by atoms with Crippen LogP contribution < -0.4 is 20.1 Å². The number of nitrogens with one attached hydrogen (secondary N) is 2. The standard InChI is InChI=1S/C21H21N3O4S/c1-27-16-9-10-17(18(12-16)28-2)23-19(25)11-8-15-13-29-21(22-15)24-20(26)14-6-4-3-5-7-14/h3-7,9-10,12-13H,8,11H2,1-2H3,(H,23,25)(H,22,24,26). The second-order valence-electron chi connectivity index (χ2n) is 6.08. The molecular formula is C21H21N3O4S. The number of rotatable bonds is 8. The molecule has 0 saturated heterocycles. The molecule has 0 fully saturated rings. The minimum Gasteiger partial charge on any atom is -0.497 e. The molecule has 0 saturated carbocycles. The third kappa shape index (κ3) is 5.55. The number of aryl methyl sites for hydroxylation is 1. The quantitative estimate of drug-likeness (QED) is 0.585. The minimum absolute atomic E-state index is 0.156. The van der Waals surface area contributed by atoms with Crippen LogP contribution in [0.15, 0.2) is 53.9 Å². The van der Waals surface area contributed by atoms with E-state index in [0.717, 1.165) is 5.69 Å². The summed E-state index contributed by atoms with van der Waals surface area (Å²) in [6, 6.07) is 14.1. The molecule has 150 valence electrons. The lowest BCUT2D eigenvalue weighted by Crippen LogP contribution is -2.13. The van der Waals surface area contributed by atoms with E-state index in [1.54, 1.807) is 49.6 Å². The molecule has 0 unspecified atom stereocenters. The molecule has 29 heavy (non-hydrogen) atoms. The van der Waals surface area contributed by atoms with Gasteiger partial charge in [0.1, 0.15) is 11.5 Å². The topological polar surface area (TPSA) is 89.6 Å². The van der Waals surface area contributed by atoms with Gasteiger partial charge in [-0.05, 0) is 30.7 Å². The Kier molecular flexibility index (Phi) is 6.80. The maximum atomic E-state index is 12.3. The first-order valence-corrected chi connectivity index (χ1v) is 9.79. The fraction of sp³-hybridized carbons (Fsp3) is 0.190. The van der Waals surface area contributed by atoms with Crippen molar-refractivity contribution in [1.82, 2.24) is 4.98 Å². The van der Waals surface area contributed by atoms with Crippen LogP contribution in [0.3, 0.4) is 0 Å². The summed E-state index contributed by atoms with van der Waals surface area (Å²) in [7, 11) is 3.10. The molecule has 0 spiro atoms. The summed E-state index contributed by atoms with van der Waals surface area (Å²) in [6.07, 6.45) is 0.715. The third-order valence-electron chi connectivity index (χ3n) is 4.10. The second kappa shape index (κ2) is 9.70. The normalized spacial score (nSPS) is 10.3. The Morgan fingerprint density at radius 3 is 2.55 bits per heavy atom. The zero-order chi connectivity index (χ0) is 20.6. The number of benzene rings is 2. The molecule has 2 N–H and O–H groups in total. The highest BCUT2D eigenvalue weighted by atomic mass is 32.1. The molecule has 8 heteroatoms. The summed E-state index contributed by atoms with van der Waals surface area (Å²) in [5, 5.41) is 7.94. The maximum absolute atomic E-state index is 12.3. The first kappa shape index (κ1) is 20.3. The van der Waals surface area contributed by atoms with E-state index in [1.165, 1.54) is 18.4 Å². The predicted molar refractivity (Wildman–Crippen MR) is 113 cm³/mol. The highest BCUT2D eigenvalue weighted by Crippen LogP contribution is 2.29. The Morgan fingerprint density at radius 1 is 1.03 bits per heavy atom. The van der Waals surface area contributed by atoms with Gasteiger partial charge in [-0.15, -0.1) is 11.3 Å². The van der Waals surface area contributed by atoms with Crippen molar-refractivity contribution in [3.63, 3.8) is 0 Å². The molecule has 0 bridgehead atoms. The number of amides is 2. The Hall–Kier alpha value is -3.39. The minimum atomic E-state index is -0.212. The number of carbonyl (C=O) groups excluding carboxylic acids is 2. The molecule has 2 aromatic carbocycles. The van der Waals surface area contributed by atoms with Crippen molar-refractivity contribution in [3.8, 4) is 11.5 Å². The van der Waals surface area contributed by atoms with E-state index in [4.69, 9.17) is 9.47 Å². The Balaban J connectivity index is 1.53. The molecule has 3 rings (SSSR count). The van der Waals surface area contributed by atoms with Gasteiger partial charge in [-0.2, -0.15) is 0 Å². The Labute approximate surface area is 172 Å². The molecule has 0 aliphatic heterocycles. The van der Waals surface area contributed by atoms with Crippen LogP contribution in [0.2, 0.25) is 0 Å². The second-order valence-corrected chi connectivity index (χ2v) is 6.94. The summed E-state index contributed by atoms with van der Waals surface area (Å²) in [4.78, 5) is 28.8. The molecule has 2 amide bonds. The van der Waals surface area contributed by atoms with E-state index in [9.17, 15) is 9.59 Å². The lowest BCUT2D eigenvalue weighted by molar-refractivity contribution is -0.116. The zero-order valence-corrected chi connectivity index (χ0v) is 16.9. The van der Waals surface area contributed by atoms with E-state index in [1.807, 2.05) is 11.4 Å². The maximum Gasteiger partial charge on any atom is 0.257 e. The fourth-order valence-electron chi connectivity index (χ4n) is 2.59. The van der Waals surface area contributed by atoms with Gasteiger partial charge < -0.3 is 14.8 Å². The van der Waals surface area contributed by atoms with Crippen molar-refractivity contribution in [2.45, 2.75) is 12.8 Å². The van der Waals surface area contributed by atoms with E-state index in [-0.39, 0.29) is 18.2 Å². The number of anilines is 2. The van der Waals surface area contributed by atoms with Gasteiger partial charge in [-0.1, -0.05) is 18.2 Å². The number of hydrogen-bond donors (Lipinski definition) is 2. The summed E-state index contributed by atoms with van der Waals surface area (Å²) in [6.45, 7) is 0. The summed E-state index contributed by atoms with van der Waals surface area (Å²) < 4.78 is 10.4. The van der Waals surface area contributed by atoms with Crippen LogP contribution in [0.4, 0.5) is 10.8 Å². The Morgan fingerprint density at radius 2 is 1.83 bits per heavy atom. The smallest absolute Gasteiger partial charge is 0.257 e. The lowest BCUT2D eigenvalue weighted by atomic mass is 10.2. The molecule has 0 radical (unpaired) electrons. The van der Waals surface area contributed by atoms with Crippen LogP contribution in [0.1, 0.15) is 22.5 Å². The van der Waals surface area contributed by atoms with Crippen molar-refractivity contribution in [2.75, 3.05) is 24.9 Å². The zero-order valence-electron chi connectivity index (χ0n) is 16.1. The molecule has 0 atom stereocenters. The molecule has 7 nitrogen and oxygen atoms in total. The van der Waals surface area contributed by atoms with Crippen molar-refractivity contribution < 1.29 is 19.1 Å². The first-order chi connectivity index (χ1) is 14.1. The van der Waals surface area contributed by atoms with E-state index < -0.39 is 0 Å². The highest BCUT2D eigenvalue weighted by Gasteiger charge is 2.12. The largest absolute Gasteiger partial charge is 0.497 e. The van der Waals surface area contributed by atoms with Crippen LogP contribution in [-0.4, -0.2) is 31.0 Å². The SMILES string of the molecule is COc1ccc(NC(=O)CCc2csc(NC(=O)c3ccccc3)n2)c(OC)c1. The van der Waals surface area contributed by atoms with Gasteiger partial charge in [-0.3, -0.25) is 14.9 Å². The van der Waals surface area contributed by atoms with Crippen molar-refractivity contribution in [2.24, 2.45) is 0 Å². The average molecular weight is 411 g/mol. The van der Waals surface area contributed by atoms with E-state index >= 15 is 0 Å². The predicted octanol–water partition coefficient (Wildman–Crippen LogP) is 3.98.